The van der Waals surface area contributed by atoms with Crippen LogP contribution in [0.15, 0.2) is 84.9 Å². The van der Waals surface area contributed by atoms with Crippen LogP contribution in [0.1, 0.15) is 5.56 Å². The van der Waals surface area contributed by atoms with E-state index in [0.717, 1.165) is 17.7 Å². The van der Waals surface area contributed by atoms with Crippen LogP contribution in [0.3, 0.4) is 0 Å². The Morgan fingerprint density at radius 1 is 0.844 bits per heavy atom. The molecule has 0 atom stereocenters. The second kappa shape index (κ2) is 8.69. The van der Waals surface area contributed by atoms with Crippen molar-refractivity contribution >= 4 is 34.4 Å². The monoisotopic (exact) mass is 440 g/mol. The van der Waals surface area contributed by atoms with Crippen molar-refractivity contribution in [1.29, 1.82) is 0 Å². The number of fused-ring (bicyclic) bond motifs is 1. The summed E-state index contributed by atoms with van der Waals surface area (Å²) in [6, 6.07) is 27.6. The zero-order valence-corrected chi connectivity index (χ0v) is 18.0. The molecule has 32 heavy (non-hydrogen) atoms. The van der Waals surface area contributed by atoms with Crippen LogP contribution >= 0.6 is 11.6 Å². The molecule has 0 aliphatic carbocycles. The number of hydrogen-bond acceptors (Lipinski definition) is 5. The number of nitrogen functional groups attached to an aromatic ring is 1. The van der Waals surface area contributed by atoms with E-state index in [-0.39, 0.29) is 0 Å². The lowest BCUT2D eigenvalue weighted by atomic mass is 10.1. The van der Waals surface area contributed by atoms with Crippen molar-refractivity contribution in [1.82, 2.24) is 19.7 Å². The SMILES string of the molecule is Nc1c2c(-c3ccccc3Cl)nc(NCCc3ccccc3)nc2nn1-c1ccccc1. The lowest BCUT2D eigenvalue weighted by Crippen LogP contribution is -2.09. The van der Waals surface area contributed by atoms with Crippen LogP contribution in [-0.2, 0) is 6.42 Å². The third kappa shape index (κ3) is 3.88. The van der Waals surface area contributed by atoms with Crippen molar-refractivity contribution in [3.63, 3.8) is 0 Å². The Balaban J connectivity index is 1.59. The van der Waals surface area contributed by atoms with E-state index < -0.39 is 0 Å². The highest BCUT2D eigenvalue weighted by Gasteiger charge is 2.20. The van der Waals surface area contributed by atoms with Crippen molar-refractivity contribution < 1.29 is 0 Å². The van der Waals surface area contributed by atoms with E-state index in [1.165, 1.54) is 5.56 Å². The molecule has 0 aliphatic heterocycles. The molecular formula is C25H21ClN6. The molecule has 0 unspecified atom stereocenters. The van der Waals surface area contributed by atoms with Crippen LogP contribution in [0.25, 0.3) is 28.0 Å². The topological polar surface area (TPSA) is 81.7 Å². The number of nitrogens with two attached hydrogens (primary N) is 1. The van der Waals surface area contributed by atoms with Gasteiger partial charge in [-0.05, 0) is 30.2 Å². The highest BCUT2D eigenvalue weighted by molar-refractivity contribution is 6.33. The molecule has 0 spiro atoms. The van der Waals surface area contributed by atoms with Gasteiger partial charge in [-0.3, -0.25) is 0 Å². The lowest BCUT2D eigenvalue weighted by Gasteiger charge is -2.10. The Kier molecular flexibility index (Phi) is 5.44. The zero-order valence-electron chi connectivity index (χ0n) is 17.2. The normalized spacial score (nSPS) is 11.0. The molecule has 0 saturated carbocycles. The summed E-state index contributed by atoms with van der Waals surface area (Å²) < 4.78 is 1.69. The fraction of sp³-hybridized carbons (Fsp3) is 0.0800. The number of aromatic nitrogens is 4. The first kappa shape index (κ1) is 20.0. The second-order valence-electron chi connectivity index (χ2n) is 7.37. The Bertz CT molecular complexity index is 1370. The molecule has 5 aromatic rings. The molecule has 2 aromatic heterocycles. The maximum Gasteiger partial charge on any atom is 0.225 e. The van der Waals surface area contributed by atoms with E-state index >= 15 is 0 Å². The molecule has 3 N–H and O–H groups in total. The fourth-order valence-corrected chi connectivity index (χ4v) is 3.89. The molecule has 7 heteroatoms. The summed E-state index contributed by atoms with van der Waals surface area (Å²) in [6.45, 7) is 0.687. The first-order valence-corrected chi connectivity index (χ1v) is 10.7. The van der Waals surface area contributed by atoms with Crippen LogP contribution in [-0.4, -0.2) is 26.3 Å². The van der Waals surface area contributed by atoms with E-state index in [1.807, 2.05) is 72.8 Å². The number of nitrogens with one attached hydrogen (secondary N) is 1. The van der Waals surface area contributed by atoms with Gasteiger partial charge in [0.15, 0.2) is 5.65 Å². The molecule has 0 bridgehead atoms. The van der Waals surface area contributed by atoms with Crippen molar-refractivity contribution in [3.05, 3.63) is 95.5 Å². The number of benzene rings is 3. The van der Waals surface area contributed by atoms with E-state index in [4.69, 9.17) is 22.3 Å². The van der Waals surface area contributed by atoms with Gasteiger partial charge < -0.3 is 11.1 Å². The molecule has 0 amide bonds. The molecule has 2 heterocycles. The van der Waals surface area contributed by atoms with Gasteiger partial charge in [-0.25, -0.2) is 9.67 Å². The van der Waals surface area contributed by atoms with Gasteiger partial charge in [0.1, 0.15) is 5.82 Å². The minimum absolute atomic E-state index is 0.469. The summed E-state index contributed by atoms with van der Waals surface area (Å²) in [5.74, 6) is 0.956. The molecule has 0 fully saturated rings. The van der Waals surface area contributed by atoms with E-state index in [9.17, 15) is 0 Å². The maximum absolute atomic E-state index is 6.54. The van der Waals surface area contributed by atoms with Gasteiger partial charge in [0.2, 0.25) is 5.95 Å². The Morgan fingerprint density at radius 3 is 2.28 bits per heavy atom. The van der Waals surface area contributed by atoms with Crippen LogP contribution in [0.2, 0.25) is 5.02 Å². The third-order valence-electron chi connectivity index (χ3n) is 5.24. The van der Waals surface area contributed by atoms with E-state index in [2.05, 4.69) is 27.5 Å². The van der Waals surface area contributed by atoms with Gasteiger partial charge in [-0.15, -0.1) is 5.10 Å². The van der Waals surface area contributed by atoms with Gasteiger partial charge in [-0.1, -0.05) is 78.3 Å². The molecule has 158 valence electrons. The van der Waals surface area contributed by atoms with Gasteiger partial charge in [-0.2, -0.15) is 4.98 Å². The van der Waals surface area contributed by atoms with Crippen molar-refractivity contribution in [3.8, 4) is 16.9 Å². The highest BCUT2D eigenvalue weighted by atomic mass is 35.5. The first-order valence-electron chi connectivity index (χ1n) is 10.3. The number of anilines is 2. The molecular weight excluding hydrogens is 420 g/mol. The number of rotatable bonds is 6. The second-order valence-corrected chi connectivity index (χ2v) is 7.78. The fourth-order valence-electron chi connectivity index (χ4n) is 3.67. The summed E-state index contributed by atoms with van der Waals surface area (Å²) in [7, 11) is 0. The van der Waals surface area contributed by atoms with Crippen LogP contribution in [0.5, 0.6) is 0 Å². The van der Waals surface area contributed by atoms with Gasteiger partial charge >= 0.3 is 0 Å². The summed E-state index contributed by atoms with van der Waals surface area (Å²) in [5, 5.41) is 9.28. The summed E-state index contributed by atoms with van der Waals surface area (Å²) >= 11 is 6.52. The van der Waals surface area contributed by atoms with Crippen LogP contribution in [0.4, 0.5) is 11.8 Å². The van der Waals surface area contributed by atoms with Crippen molar-refractivity contribution in [2.45, 2.75) is 6.42 Å². The van der Waals surface area contributed by atoms with E-state index in [1.54, 1.807) is 4.68 Å². The predicted molar refractivity (Wildman–Crippen MR) is 130 cm³/mol. The quantitative estimate of drug-likeness (QED) is 0.371. The average molecular weight is 441 g/mol. The average Bonchev–Trinajstić information content (AvgIpc) is 3.17. The molecule has 3 aromatic carbocycles. The van der Waals surface area contributed by atoms with Gasteiger partial charge in [0.05, 0.1) is 16.8 Å². The minimum atomic E-state index is 0.469. The molecule has 0 radical (unpaired) electrons. The summed E-state index contributed by atoms with van der Waals surface area (Å²) in [4.78, 5) is 9.44. The Hall–Kier alpha value is -3.90. The molecule has 0 aliphatic rings. The third-order valence-corrected chi connectivity index (χ3v) is 5.57. The predicted octanol–water partition coefficient (Wildman–Crippen LogP) is 5.37. The van der Waals surface area contributed by atoms with Gasteiger partial charge in [0.25, 0.3) is 0 Å². The Morgan fingerprint density at radius 2 is 1.53 bits per heavy atom. The number of hydrogen-bond donors (Lipinski definition) is 2. The maximum atomic E-state index is 6.54. The largest absolute Gasteiger partial charge is 0.383 e. The standard InChI is InChI=1S/C25H21ClN6/c26-20-14-8-7-13-19(20)22-21-23(27)32(18-11-5-2-6-12-18)31-24(21)30-25(29-22)28-16-15-17-9-3-1-4-10-17/h1-14H,15-16,27H2,(H,28,30,31). The Labute approximate surface area is 190 Å². The summed E-state index contributed by atoms with van der Waals surface area (Å²) in [5.41, 5.74) is 10.6. The van der Waals surface area contributed by atoms with Crippen molar-refractivity contribution in [2.75, 3.05) is 17.6 Å². The number of nitrogens with zero attached hydrogens (tertiary/aromatic N) is 4. The first-order chi connectivity index (χ1) is 15.7. The molecule has 0 saturated heterocycles. The lowest BCUT2D eigenvalue weighted by molar-refractivity contribution is 0.898. The highest BCUT2D eigenvalue weighted by Crippen LogP contribution is 2.35. The van der Waals surface area contributed by atoms with Crippen LogP contribution in [0, 0.1) is 0 Å². The number of para-hydroxylation sites is 1. The van der Waals surface area contributed by atoms with Crippen LogP contribution < -0.4 is 11.1 Å². The molecule has 6 nitrogen and oxygen atoms in total. The summed E-state index contributed by atoms with van der Waals surface area (Å²) in [6.07, 6.45) is 0.851. The smallest absolute Gasteiger partial charge is 0.225 e. The number of halogens is 1. The minimum Gasteiger partial charge on any atom is -0.383 e. The molecule has 5 rings (SSSR count). The van der Waals surface area contributed by atoms with Gasteiger partial charge in [0, 0.05) is 17.1 Å². The van der Waals surface area contributed by atoms with E-state index in [0.29, 0.717) is 40.1 Å². The zero-order chi connectivity index (χ0) is 21.9. The van der Waals surface area contributed by atoms with Crippen molar-refractivity contribution in [2.24, 2.45) is 0 Å².